The zero-order valence-corrected chi connectivity index (χ0v) is 21.6. The highest BCUT2D eigenvalue weighted by Gasteiger charge is 2.37. The number of Topliss-reactive ketones (excluding diaryl/α,β-unsaturated/α-hetero) is 1. The lowest BCUT2D eigenvalue weighted by Crippen LogP contribution is -2.29. The molecule has 1 fully saturated rings. The molecule has 8 nitrogen and oxygen atoms in total. The lowest BCUT2D eigenvalue weighted by Gasteiger charge is -2.29. The minimum absolute atomic E-state index is 0.0724. The van der Waals surface area contributed by atoms with Gasteiger partial charge in [-0.1, -0.05) is 26.0 Å². The Kier molecular flexibility index (Phi) is 6.54. The Hall–Kier alpha value is -3.65. The predicted molar refractivity (Wildman–Crippen MR) is 142 cm³/mol. The monoisotopic (exact) mass is 502 g/mol. The SMILES string of the molecule is COc1cccc(-c2nn(-c3ccc(C(N)=O)c(N[C@H]4CC[C@H](O)CC4)c3)c3c2C(=O)CC(C)(C)C3)c1. The van der Waals surface area contributed by atoms with E-state index in [0.717, 1.165) is 42.6 Å². The molecule has 0 unspecified atom stereocenters. The molecular weight excluding hydrogens is 468 g/mol. The number of benzene rings is 2. The van der Waals surface area contributed by atoms with Crippen LogP contribution in [-0.4, -0.2) is 45.8 Å². The quantitative estimate of drug-likeness (QED) is 0.456. The van der Waals surface area contributed by atoms with E-state index < -0.39 is 5.91 Å². The van der Waals surface area contributed by atoms with Crippen molar-refractivity contribution in [1.29, 1.82) is 0 Å². The molecule has 0 bridgehead atoms. The van der Waals surface area contributed by atoms with Crippen molar-refractivity contribution < 1.29 is 19.4 Å². The first-order valence-electron chi connectivity index (χ1n) is 12.8. The van der Waals surface area contributed by atoms with E-state index in [9.17, 15) is 14.7 Å². The van der Waals surface area contributed by atoms with Crippen LogP contribution in [0.1, 0.15) is 72.4 Å². The van der Waals surface area contributed by atoms with Crippen LogP contribution in [0.25, 0.3) is 16.9 Å². The summed E-state index contributed by atoms with van der Waals surface area (Å²) in [6.45, 7) is 4.19. The number of carbonyl (C=O) groups is 2. The Labute approximate surface area is 216 Å². The van der Waals surface area contributed by atoms with Gasteiger partial charge in [0.05, 0.1) is 35.7 Å². The zero-order chi connectivity index (χ0) is 26.3. The molecular formula is C29H34N4O4. The summed E-state index contributed by atoms with van der Waals surface area (Å²) in [5, 5.41) is 18.3. The fourth-order valence-electron chi connectivity index (χ4n) is 5.57. The molecule has 2 aliphatic carbocycles. The van der Waals surface area contributed by atoms with Gasteiger partial charge >= 0.3 is 0 Å². The number of ether oxygens (including phenoxy) is 1. The Bertz CT molecular complexity index is 1350. The molecule has 4 N–H and O–H groups in total. The van der Waals surface area contributed by atoms with E-state index in [-0.39, 0.29) is 23.3 Å². The van der Waals surface area contributed by atoms with Crippen LogP contribution < -0.4 is 15.8 Å². The average Bonchev–Trinajstić information content (AvgIpc) is 3.24. The van der Waals surface area contributed by atoms with Crippen molar-refractivity contribution >= 4 is 17.4 Å². The summed E-state index contributed by atoms with van der Waals surface area (Å²) in [7, 11) is 1.61. The van der Waals surface area contributed by atoms with Gasteiger partial charge < -0.3 is 20.9 Å². The van der Waals surface area contributed by atoms with Crippen LogP contribution in [0.5, 0.6) is 5.75 Å². The van der Waals surface area contributed by atoms with Crippen LogP contribution in [0.2, 0.25) is 0 Å². The van der Waals surface area contributed by atoms with Gasteiger partial charge in [0.15, 0.2) is 5.78 Å². The molecule has 8 heteroatoms. The molecule has 0 atom stereocenters. The van der Waals surface area contributed by atoms with E-state index in [1.54, 1.807) is 13.2 Å². The lowest BCUT2D eigenvalue weighted by atomic mass is 9.75. The first-order valence-corrected chi connectivity index (χ1v) is 12.8. The number of nitrogens with zero attached hydrogens (tertiary/aromatic N) is 2. The Morgan fingerprint density at radius 2 is 1.89 bits per heavy atom. The van der Waals surface area contributed by atoms with E-state index in [1.807, 2.05) is 41.1 Å². The van der Waals surface area contributed by atoms with Crippen LogP contribution in [0.4, 0.5) is 5.69 Å². The first-order chi connectivity index (χ1) is 17.6. The number of methoxy groups -OCH3 is 1. The summed E-state index contributed by atoms with van der Waals surface area (Å²) in [5.41, 5.74) is 10.2. The second-order valence-corrected chi connectivity index (χ2v) is 11.0. The highest BCUT2D eigenvalue weighted by molar-refractivity contribution is 6.04. The number of rotatable bonds is 6. The van der Waals surface area contributed by atoms with Gasteiger partial charge in [-0.2, -0.15) is 5.10 Å². The van der Waals surface area contributed by atoms with Crippen LogP contribution in [-0.2, 0) is 6.42 Å². The van der Waals surface area contributed by atoms with Gasteiger partial charge in [0.25, 0.3) is 5.91 Å². The molecule has 0 spiro atoms. The maximum atomic E-state index is 13.4. The van der Waals surface area contributed by atoms with Gasteiger partial charge in [0.2, 0.25) is 0 Å². The van der Waals surface area contributed by atoms with Crippen molar-refractivity contribution in [2.45, 2.75) is 64.5 Å². The summed E-state index contributed by atoms with van der Waals surface area (Å²) in [6.07, 6.45) is 3.92. The molecule has 194 valence electrons. The molecule has 3 aromatic rings. The minimum Gasteiger partial charge on any atom is -0.497 e. The van der Waals surface area contributed by atoms with E-state index in [1.165, 1.54) is 0 Å². The van der Waals surface area contributed by atoms with Crippen molar-refractivity contribution in [2.75, 3.05) is 12.4 Å². The van der Waals surface area contributed by atoms with Crippen molar-refractivity contribution in [2.24, 2.45) is 11.1 Å². The van der Waals surface area contributed by atoms with Gasteiger partial charge in [-0.3, -0.25) is 9.59 Å². The number of primary amides is 1. The number of hydrogen-bond donors (Lipinski definition) is 3. The molecule has 2 aromatic carbocycles. The van der Waals surface area contributed by atoms with Crippen molar-refractivity contribution in [3.05, 3.63) is 59.3 Å². The molecule has 1 aromatic heterocycles. The van der Waals surface area contributed by atoms with Gasteiger partial charge in [0, 0.05) is 23.7 Å². The fraction of sp³-hybridized carbons (Fsp3) is 0.414. The van der Waals surface area contributed by atoms with E-state index in [4.69, 9.17) is 15.6 Å². The molecule has 1 saturated carbocycles. The number of amides is 1. The van der Waals surface area contributed by atoms with Gasteiger partial charge in [-0.15, -0.1) is 0 Å². The third-order valence-electron chi connectivity index (χ3n) is 7.46. The van der Waals surface area contributed by atoms with Crippen LogP contribution in [0.15, 0.2) is 42.5 Å². The van der Waals surface area contributed by atoms with Crippen molar-refractivity contribution in [3.63, 3.8) is 0 Å². The van der Waals surface area contributed by atoms with E-state index >= 15 is 0 Å². The number of carbonyl (C=O) groups excluding carboxylic acids is 2. The number of nitrogens with two attached hydrogens (primary N) is 1. The summed E-state index contributed by atoms with van der Waals surface area (Å²) >= 11 is 0. The third kappa shape index (κ3) is 4.98. The minimum atomic E-state index is -0.513. The number of ketones is 1. The maximum Gasteiger partial charge on any atom is 0.250 e. The smallest absolute Gasteiger partial charge is 0.250 e. The largest absolute Gasteiger partial charge is 0.497 e. The first kappa shape index (κ1) is 25.0. The molecule has 0 saturated heterocycles. The van der Waals surface area contributed by atoms with Crippen LogP contribution >= 0.6 is 0 Å². The van der Waals surface area contributed by atoms with Gasteiger partial charge in [-0.05, 0) is 67.9 Å². The summed E-state index contributed by atoms with van der Waals surface area (Å²) < 4.78 is 7.25. The number of anilines is 1. The number of nitrogens with one attached hydrogen (secondary N) is 1. The number of aliphatic hydroxyl groups excluding tert-OH is 1. The Morgan fingerprint density at radius 1 is 1.14 bits per heavy atom. The summed E-state index contributed by atoms with van der Waals surface area (Å²) in [6, 6.07) is 13.1. The number of aliphatic hydroxyl groups is 1. The molecule has 1 heterocycles. The summed E-state index contributed by atoms with van der Waals surface area (Å²) in [5.74, 6) is 0.253. The van der Waals surface area contributed by atoms with Gasteiger partial charge in [0.1, 0.15) is 11.4 Å². The molecule has 1 amide bonds. The second kappa shape index (κ2) is 9.67. The van der Waals surface area contributed by atoms with Crippen LogP contribution in [0, 0.1) is 5.41 Å². The zero-order valence-electron chi connectivity index (χ0n) is 21.6. The summed E-state index contributed by atoms with van der Waals surface area (Å²) in [4.78, 5) is 25.7. The van der Waals surface area contributed by atoms with E-state index in [2.05, 4.69) is 19.2 Å². The molecule has 2 aliphatic rings. The third-order valence-corrected chi connectivity index (χ3v) is 7.46. The Balaban J connectivity index is 1.63. The normalized spacial score (nSPS) is 20.8. The van der Waals surface area contributed by atoms with Crippen molar-refractivity contribution in [1.82, 2.24) is 9.78 Å². The topological polar surface area (TPSA) is 119 Å². The average molecular weight is 503 g/mol. The standard InChI is InChI=1S/C29H34N4O4/c1-29(2)15-24-26(25(35)16-29)27(17-5-4-6-21(13-17)37-3)32-33(24)19-9-12-22(28(30)36)23(14-19)31-18-7-10-20(34)11-8-18/h4-6,9,12-14,18,20,31,34H,7-8,10-11,15-16H2,1-3H3,(H2,30,36)/t18-,20-. The number of fused-ring (bicyclic) bond motifs is 1. The maximum absolute atomic E-state index is 13.4. The van der Waals surface area contributed by atoms with E-state index in [0.29, 0.717) is 41.1 Å². The number of aromatic nitrogens is 2. The van der Waals surface area contributed by atoms with Gasteiger partial charge in [-0.25, -0.2) is 4.68 Å². The second-order valence-electron chi connectivity index (χ2n) is 11.0. The lowest BCUT2D eigenvalue weighted by molar-refractivity contribution is 0.0910. The van der Waals surface area contributed by atoms with Crippen LogP contribution in [0.3, 0.4) is 0 Å². The highest BCUT2D eigenvalue weighted by atomic mass is 16.5. The molecule has 0 radical (unpaired) electrons. The molecule has 5 rings (SSSR count). The molecule has 0 aliphatic heterocycles. The number of hydrogen-bond acceptors (Lipinski definition) is 6. The Morgan fingerprint density at radius 3 is 2.59 bits per heavy atom. The van der Waals surface area contributed by atoms with Crippen molar-refractivity contribution in [3.8, 4) is 22.7 Å². The predicted octanol–water partition coefficient (Wildman–Crippen LogP) is 4.52. The highest BCUT2D eigenvalue weighted by Crippen LogP contribution is 2.41. The fourth-order valence-corrected chi connectivity index (χ4v) is 5.57. The molecule has 37 heavy (non-hydrogen) atoms.